The number of halogens is 2. The van der Waals surface area contributed by atoms with Gasteiger partial charge in [0.25, 0.3) is 0 Å². The van der Waals surface area contributed by atoms with Crippen LogP contribution in [-0.2, 0) is 19.4 Å². The molecule has 0 aromatic carbocycles. The number of aromatic nitrogens is 1. The summed E-state index contributed by atoms with van der Waals surface area (Å²) in [5.41, 5.74) is 0. The van der Waals surface area contributed by atoms with E-state index >= 15 is 0 Å². The summed E-state index contributed by atoms with van der Waals surface area (Å²) in [5.74, 6) is 0.996. The van der Waals surface area contributed by atoms with Gasteiger partial charge in [0, 0.05) is 68.7 Å². The number of piperazine rings is 1. The Morgan fingerprint density at radius 2 is 2.00 bits per heavy atom. The number of aryl methyl sites for hydroxylation is 1. The van der Waals surface area contributed by atoms with E-state index in [9.17, 15) is 0 Å². The SMILES string of the molecule is CCc1cnc(CCNC(=NC)N2CCN(Cc3ccc(Cl)s3)CC2)s1.I. The van der Waals surface area contributed by atoms with Gasteiger partial charge in [-0.3, -0.25) is 9.89 Å². The van der Waals surface area contributed by atoms with E-state index in [1.165, 1.54) is 14.8 Å². The van der Waals surface area contributed by atoms with Gasteiger partial charge in [-0.15, -0.1) is 46.7 Å². The Balaban J connectivity index is 0.00000261. The molecule has 0 amide bonds. The Hall–Kier alpha value is -0.420. The molecule has 3 rings (SSSR count). The van der Waals surface area contributed by atoms with Crippen molar-refractivity contribution < 1.29 is 0 Å². The van der Waals surface area contributed by atoms with Crippen molar-refractivity contribution >= 4 is 64.2 Å². The second-order valence-corrected chi connectivity index (χ2v) is 9.27. The molecule has 0 spiro atoms. The number of aliphatic imine (C=N–C) groups is 1. The lowest BCUT2D eigenvalue weighted by molar-refractivity contribution is 0.174. The summed E-state index contributed by atoms with van der Waals surface area (Å²) >= 11 is 9.51. The van der Waals surface area contributed by atoms with Crippen LogP contribution >= 0.6 is 58.3 Å². The van der Waals surface area contributed by atoms with Crippen molar-refractivity contribution in [2.75, 3.05) is 39.8 Å². The fraction of sp³-hybridized carbons (Fsp3) is 0.556. The zero-order valence-corrected chi connectivity index (χ0v) is 20.5. The van der Waals surface area contributed by atoms with E-state index in [-0.39, 0.29) is 24.0 Å². The highest BCUT2D eigenvalue weighted by molar-refractivity contribution is 14.0. The first-order valence-electron chi connectivity index (χ1n) is 9.03. The molecule has 0 atom stereocenters. The molecule has 3 heterocycles. The van der Waals surface area contributed by atoms with Crippen LogP contribution in [0.5, 0.6) is 0 Å². The number of nitrogens with zero attached hydrogens (tertiary/aromatic N) is 4. The molecular formula is C18H27ClIN5S2. The lowest BCUT2D eigenvalue weighted by Crippen LogP contribution is -2.52. The zero-order chi connectivity index (χ0) is 18.4. The van der Waals surface area contributed by atoms with Crippen LogP contribution in [0.3, 0.4) is 0 Å². The summed E-state index contributed by atoms with van der Waals surface area (Å²) in [6.07, 6.45) is 4.01. The van der Waals surface area contributed by atoms with E-state index in [1.807, 2.05) is 30.6 Å². The topological polar surface area (TPSA) is 43.8 Å². The molecule has 0 aliphatic carbocycles. The van der Waals surface area contributed by atoms with Gasteiger partial charge in [-0.1, -0.05) is 18.5 Å². The molecule has 0 saturated carbocycles. The minimum Gasteiger partial charge on any atom is -0.356 e. The van der Waals surface area contributed by atoms with Gasteiger partial charge >= 0.3 is 0 Å². The standard InChI is InChI=1S/C18H26ClN5S2.HI/c1-3-14-12-22-17(26-14)6-7-21-18(20-2)24-10-8-23(9-11-24)13-15-4-5-16(19)25-15;/h4-5,12H,3,6-11,13H2,1-2H3,(H,20,21);1H. The maximum atomic E-state index is 6.03. The van der Waals surface area contributed by atoms with Gasteiger partial charge in [0.15, 0.2) is 5.96 Å². The third-order valence-corrected chi connectivity index (χ3v) is 6.88. The van der Waals surface area contributed by atoms with Crippen molar-refractivity contribution in [2.45, 2.75) is 26.3 Å². The molecule has 0 radical (unpaired) electrons. The summed E-state index contributed by atoms with van der Waals surface area (Å²) in [4.78, 5) is 16.5. The Kier molecular flexibility index (Phi) is 9.78. The van der Waals surface area contributed by atoms with Crippen LogP contribution in [0.15, 0.2) is 23.3 Å². The van der Waals surface area contributed by atoms with Crippen LogP contribution in [0.4, 0.5) is 0 Å². The number of thiazole rings is 1. The fourth-order valence-electron chi connectivity index (χ4n) is 3.02. The quantitative estimate of drug-likeness (QED) is 0.343. The molecule has 0 unspecified atom stereocenters. The van der Waals surface area contributed by atoms with Gasteiger partial charge in [0.05, 0.1) is 9.34 Å². The van der Waals surface area contributed by atoms with Crippen LogP contribution in [-0.4, -0.2) is 60.5 Å². The van der Waals surface area contributed by atoms with E-state index < -0.39 is 0 Å². The van der Waals surface area contributed by atoms with E-state index in [1.54, 1.807) is 11.3 Å². The van der Waals surface area contributed by atoms with Gasteiger partial charge in [0.2, 0.25) is 0 Å². The van der Waals surface area contributed by atoms with E-state index in [4.69, 9.17) is 11.6 Å². The van der Waals surface area contributed by atoms with Crippen LogP contribution in [0, 0.1) is 0 Å². The molecule has 1 N–H and O–H groups in total. The number of rotatable bonds is 6. The van der Waals surface area contributed by atoms with Gasteiger partial charge in [-0.25, -0.2) is 4.98 Å². The summed E-state index contributed by atoms with van der Waals surface area (Å²) in [5, 5.41) is 4.69. The normalized spacial score (nSPS) is 15.7. The number of hydrogen-bond acceptors (Lipinski definition) is 5. The maximum Gasteiger partial charge on any atom is 0.193 e. The Morgan fingerprint density at radius 1 is 1.22 bits per heavy atom. The first kappa shape index (κ1) is 22.9. The highest BCUT2D eigenvalue weighted by atomic mass is 127. The molecular weight excluding hydrogens is 513 g/mol. The first-order chi connectivity index (χ1) is 12.7. The number of nitrogens with one attached hydrogen (secondary N) is 1. The van der Waals surface area contributed by atoms with E-state index in [0.717, 1.165) is 62.4 Å². The van der Waals surface area contributed by atoms with E-state index in [2.05, 4.69) is 38.1 Å². The van der Waals surface area contributed by atoms with Crippen LogP contribution < -0.4 is 5.32 Å². The third kappa shape index (κ3) is 6.85. The zero-order valence-electron chi connectivity index (χ0n) is 15.8. The highest BCUT2D eigenvalue weighted by Gasteiger charge is 2.20. The minimum absolute atomic E-state index is 0. The molecule has 1 saturated heterocycles. The first-order valence-corrected chi connectivity index (χ1v) is 11.0. The predicted molar refractivity (Wildman–Crippen MR) is 128 cm³/mol. The largest absolute Gasteiger partial charge is 0.356 e. The Labute approximate surface area is 191 Å². The van der Waals surface area contributed by atoms with Gasteiger partial charge in [-0.2, -0.15) is 0 Å². The number of hydrogen-bond donors (Lipinski definition) is 1. The lowest BCUT2D eigenvalue weighted by Gasteiger charge is -2.36. The lowest BCUT2D eigenvalue weighted by atomic mass is 10.3. The second-order valence-electron chi connectivity index (χ2n) is 6.27. The molecule has 0 bridgehead atoms. The fourth-order valence-corrected chi connectivity index (χ4v) is 5.01. The molecule has 2 aromatic heterocycles. The van der Waals surface area contributed by atoms with Gasteiger partial charge in [-0.05, 0) is 18.6 Å². The van der Waals surface area contributed by atoms with Crippen molar-refractivity contribution in [3.05, 3.63) is 37.4 Å². The van der Waals surface area contributed by atoms with Crippen LogP contribution in [0.1, 0.15) is 21.7 Å². The molecule has 27 heavy (non-hydrogen) atoms. The van der Waals surface area contributed by atoms with E-state index in [0.29, 0.717) is 0 Å². The maximum absolute atomic E-state index is 6.03. The van der Waals surface area contributed by atoms with Crippen molar-refractivity contribution in [1.82, 2.24) is 20.1 Å². The molecule has 9 heteroatoms. The number of guanidine groups is 1. The predicted octanol–water partition coefficient (Wildman–Crippen LogP) is 3.97. The Morgan fingerprint density at radius 3 is 2.59 bits per heavy atom. The van der Waals surface area contributed by atoms with Crippen molar-refractivity contribution in [1.29, 1.82) is 0 Å². The average Bonchev–Trinajstić information content (AvgIpc) is 3.28. The molecule has 5 nitrogen and oxygen atoms in total. The molecule has 150 valence electrons. The summed E-state index contributed by atoms with van der Waals surface area (Å²) in [7, 11) is 1.86. The second kappa shape index (κ2) is 11.5. The van der Waals surface area contributed by atoms with Crippen molar-refractivity contribution in [2.24, 2.45) is 4.99 Å². The number of thiophene rings is 1. The molecule has 1 fully saturated rings. The van der Waals surface area contributed by atoms with Gasteiger partial charge in [0.1, 0.15) is 0 Å². The average molecular weight is 540 g/mol. The van der Waals surface area contributed by atoms with Crippen molar-refractivity contribution in [3.63, 3.8) is 0 Å². The monoisotopic (exact) mass is 539 g/mol. The summed E-state index contributed by atoms with van der Waals surface area (Å²) in [6.45, 7) is 8.11. The van der Waals surface area contributed by atoms with Gasteiger partial charge < -0.3 is 10.2 Å². The highest BCUT2D eigenvalue weighted by Crippen LogP contribution is 2.23. The minimum atomic E-state index is 0. The summed E-state index contributed by atoms with van der Waals surface area (Å²) in [6, 6.07) is 4.11. The van der Waals surface area contributed by atoms with Crippen LogP contribution in [0.2, 0.25) is 4.34 Å². The smallest absolute Gasteiger partial charge is 0.193 e. The summed E-state index contributed by atoms with van der Waals surface area (Å²) < 4.78 is 0.870. The van der Waals surface area contributed by atoms with Crippen LogP contribution in [0.25, 0.3) is 0 Å². The molecule has 1 aliphatic rings. The Bertz CT molecular complexity index is 725. The molecule has 1 aliphatic heterocycles. The molecule has 2 aromatic rings. The van der Waals surface area contributed by atoms with Crippen molar-refractivity contribution in [3.8, 4) is 0 Å². The third-order valence-electron chi connectivity index (χ3n) is 4.46.